The smallest absolute Gasteiger partial charge is 0.210 e. The molecule has 0 spiro atoms. The number of ether oxygens (including phenoxy) is 1. The average molecular weight is 632 g/mol. The van der Waals surface area contributed by atoms with Gasteiger partial charge in [-0.1, -0.05) is 76.6 Å². The number of rotatable bonds is 13. The zero-order chi connectivity index (χ0) is 31.0. The Morgan fingerprint density at radius 2 is 1.83 bits per heavy atom. The lowest BCUT2D eigenvalue weighted by Gasteiger charge is -2.45. The average Bonchev–Trinajstić information content (AvgIpc) is 3.32. The summed E-state index contributed by atoms with van der Waals surface area (Å²) in [5.41, 5.74) is 1.61. The molecule has 1 aliphatic carbocycles. The lowest BCUT2D eigenvalue weighted by atomic mass is 9.61. The quantitative estimate of drug-likeness (QED) is 0.137. The van der Waals surface area contributed by atoms with Gasteiger partial charge in [0, 0.05) is 18.9 Å². The fourth-order valence-electron chi connectivity index (χ4n) is 6.89. The third kappa shape index (κ3) is 6.56. The van der Waals surface area contributed by atoms with Crippen molar-refractivity contribution in [2.75, 3.05) is 5.75 Å². The Balaban J connectivity index is 1.37. The Morgan fingerprint density at radius 3 is 2.45 bits per heavy atom. The van der Waals surface area contributed by atoms with Crippen LogP contribution in [0.3, 0.4) is 0 Å². The number of nitrogens with zero attached hydrogens (tertiary/aromatic N) is 1. The van der Waals surface area contributed by atoms with Crippen molar-refractivity contribution < 1.29 is 22.7 Å². The predicted octanol–water partition coefficient (Wildman–Crippen LogP) is 8.01. The summed E-state index contributed by atoms with van der Waals surface area (Å²) in [5.74, 6) is -0.106. The molecule has 1 aromatic heterocycles. The van der Waals surface area contributed by atoms with E-state index in [1.807, 2.05) is 56.3 Å². The topological polar surface area (TPSA) is 89.0 Å². The number of hydrogen-bond donors (Lipinski definition) is 1. The third-order valence-electron chi connectivity index (χ3n) is 9.90. The summed E-state index contributed by atoms with van der Waals surface area (Å²) in [7, 11) is -5.22. The van der Waals surface area contributed by atoms with E-state index >= 15 is 0 Å². The van der Waals surface area contributed by atoms with Gasteiger partial charge in [0.1, 0.15) is 5.60 Å². The molecule has 0 bridgehead atoms. The molecule has 4 rings (SSSR count). The zero-order valence-electron chi connectivity index (χ0n) is 26.6. The first-order chi connectivity index (χ1) is 19.7. The fraction of sp³-hybridized carbons (Fsp3) is 0.606. The van der Waals surface area contributed by atoms with Crippen LogP contribution in [0.4, 0.5) is 0 Å². The summed E-state index contributed by atoms with van der Waals surface area (Å²) in [5, 5.41) is 11.2. The van der Waals surface area contributed by atoms with Gasteiger partial charge >= 0.3 is 0 Å². The van der Waals surface area contributed by atoms with E-state index in [1.54, 1.807) is 6.08 Å². The van der Waals surface area contributed by atoms with E-state index in [0.717, 1.165) is 46.8 Å². The molecule has 2 heterocycles. The minimum atomic E-state index is -3.51. The van der Waals surface area contributed by atoms with Crippen LogP contribution < -0.4 is 0 Å². The van der Waals surface area contributed by atoms with E-state index < -0.39 is 24.3 Å². The number of fused-ring (bicyclic) bond motifs is 2. The summed E-state index contributed by atoms with van der Waals surface area (Å²) in [6.45, 7) is 17.4. The minimum Gasteiger partial charge on any atom is -0.414 e. The van der Waals surface area contributed by atoms with Gasteiger partial charge in [0.2, 0.25) is 14.2 Å². The molecule has 42 heavy (non-hydrogen) atoms. The number of aromatic nitrogens is 1. The van der Waals surface area contributed by atoms with Gasteiger partial charge in [-0.2, -0.15) is 0 Å². The predicted molar refractivity (Wildman–Crippen MR) is 176 cm³/mol. The molecule has 0 amide bonds. The minimum absolute atomic E-state index is 0.106. The molecule has 6 nitrogen and oxygen atoms in total. The first-order valence-corrected chi connectivity index (χ1v) is 20.3. The summed E-state index contributed by atoms with van der Waals surface area (Å²) in [6.07, 6.45) is 9.30. The van der Waals surface area contributed by atoms with E-state index in [4.69, 9.17) is 9.16 Å². The Bertz CT molecular complexity index is 1430. The van der Waals surface area contributed by atoms with Crippen LogP contribution >= 0.6 is 11.3 Å². The number of epoxide rings is 1. The van der Waals surface area contributed by atoms with Crippen LogP contribution in [0.15, 0.2) is 64.1 Å². The van der Waals surface area contributed by atoms with E-state index in [-0.39, 0.29) is 32.8 Å². The number of thiazole rings is 1. The molecular formula is C33H49NO5S2Si. The second kappa shape index (κ2) is 12.4. The number of para-hydroxylation sites is 1. The number of allylic oxidation sites excluding steroid dienone is 4. The van der Waals surface area contributed by atoms with Gasteiger partial charge in [-0.3, -0.25) is 0 Å². The lowest BCUT2D eigenvalue weighted by Crippen LogP contribution is -2.52. The van der Waals surface area contributed by atoms with Gasteiger partial charge in [0.05, 0.1) is 27.7 Å². The van der Waals surface area contributed by atoms with Crippen LogP contribution in [-0.4, -0.2) is 56.0 Å². The number of benzene rings is 1. The summed E-state index contributed by atoms with van der Waals surface area (Å²) in [6, 6.07) is 10.9. The van der Waals surface area contributed by atoms with Gasteiger partial charge in [0.15, 0.2) is 8.32 Å². The van der Waals surface area contributed by atoms with Crippen LogP contribution in [-0.2, 0) is 19.0 Å². The molecule has 1 saturated heterocycles. The molecule has 1 N–H and O–H groups in total. The maximum absolute atomic E-state index is 12.8. The maximum atomic E-state index is 12.8. The van der Waals surface area contributed by atoms with Crippen LogP contribution in [0.5, 0.6) is 0 Å². The Morgan fingerprint density at radius 1 is 1.17 bits per heavy atom. The highest BCUT2D eigenvalue weighted by molar-refractivity contribution is 7.93. The standard InChI is InChI=1S/C33H49NO5S2Si/c1-9-42(10-2,11-3)38-26-21-31(6,7)33(32(8,22-26)39-33)23-28(35)25(5)16-14-15-24(4)19-20-41(36,37)30-34-27-17-12-13-18-29(27)40-30/h12-19,26,28,35H,9-11,20-23H2,1-8H3/b15-14+,24-19+,25-16+/t26-,28?,32+,33-/m0/s1. The van der Waals surface area contributed by atoms with Crippen molar-refractivity contribution in [1.29, 1.82) is 0 Å². The zero-order valence-corrected chi connectivity index (χ0v) is 29.2. The van der Waals surface area contributed by atoms with Gasteiger partial charge in [0.25, 0.3) is 0 Å². The first kappa shape index (κ1) is 33.3. The molecule has 1 aromatic carbocycles. The monoisotopic (exact) mass is 631 g/mol. The van der Waals surface area contributed by atoms with Gasteiger partial charge in [-0.05, 0) is 68.4 Å². The summed E-state index contributed by atoms with van der Waals surface area (Å²) >= 11 is 1.20. The molecule has 2 fully saturated rings. The number of aliphatic hydroxyl groups is 1. The highest BCUT2D eigenvalue weighted by Crippen LogP contribution is 2.68. The van der Waals surface area contributed by atoms with Crippen LogP contribution in [0, 0.1) is 5.41 Å². The summed E-state index contributed by atoms with van der Waals surface area (Å²) < 4.78 is 40.1. The maximum Gasteiger partial charge on any atom is 0.210 e. The molecule has 4 atom stereocenters. The van der Waals surface area contributed by atoms with Crippen LogP contribution in [0.25, 0.3) is 10.2 Å². The van der Waals surface area contributed by atoms with Crippen molar-refractivity contribution in [2.45, 2.75) is 121 Å². The van der Waals surface area contributed by atoms with E-state index in [1.165, 1.54) is 11.3 Å². The fourth-order valence-corrected chi connectivity index (χ4v) is 12.3. The van der Waals surface area contributed by atoms with Crippen LogP contribution in [0.2, 0.25) is 18.1 Å². The first-order valence-electron chi connectivity index (χ1n) is 15.3. The van der Waals surface area contributed by atoms with Gasteiger partial charge in [-0.25, -0.2) is 13.4 Å². The van der Waals surface area contributed by atoms with E-state index in [9.17, 15) is 13.5 Å². The molecule has 9 heteroatoms. The Labute approximate surface area is 258 Å². The second-order valence-electron chi connectivity index (χ2n) is 13.1. The van der Waals surface area contributed by atoms with Crippen LogP contribution in [0.1, 0.15) is 74.7 Å². The SMILES string of the molecule is CC[Si](CC)(CC)O[C@H]1CC(C)(C)[C@]2(CC(O)/C(C)=C/C=C/C(C)=C/CS(=O)(=O)c3nc4ccccc4s3)O[C@]2(C)C1. The highest BCUT2D eigenvalue weighted by Gasteiger charge is 2.76. The number of hydrogen-bond acceptors (Lipinski definition) is 7. The summed E-state index contributed by atoms with van der Waals surface area (Å²) in [4.78, 5) is 4.30. The number of sulfone groups is 1. The molecular weight excluding hydrogens is 583 g/mol. The Hall–Kier alpha value is -1.62. The molecule has 2 aliphatic rings. The third-order valence-corrected chi connectivity index (χ3v) is 17.7. The number of aliphatic hydroxyl groups excluding tert-OH is 1. The second-order valence-corrected chi connectivity index (χ2v) is 21.1. The molecule has 1 aliphatic heterocycles. The molecule has 2 aromatic rings. The molecule has 1 saturated carbocycles. The van der Waals surface area contributed by atoms with Crippen molar-refractivity contribution in [2.24, 2.45) is 5.41 Å². The molecule has 0 radical (unpaired) electrons. The van der Waals surface area contributed by atoms with Crippen molar-refractivity contribution >= 4 is 39.7 Å². The Kier molecular flexibility index (Phi) is 9.83. The van der Waals surface area contributed by atoms with Gasteiger partial charge < -0.3 is 14.3 Å². The van der Waals surface area contributed by atoms with Crippen molar-refractivity contribution in [3.05, 3.63) is 59.7 Å². The van der Waals surface area contributed by atoms with E-state index in [0.29, 0.717) is 11.9 Å². The van der Waals surface area contributed by atoms with Crippen molar-refractivity contribution in [3.63, 3.8) is 0 Å². The largest absolute Gasteiger partial charge is 0.414 e. The van der Waals surface area contributed by atoms with Gasteiger partial charge in [-0.15, -0.1) is 11.3 Å². The molecule has 232 valence electrons. The van der Waals surface area contributed by atoms with Crippen molar-refractivity contribution in [3.8, 4) is 0 Å². The highest BCUT2D eigenvalue weighted by atomic mass is 32.2. The van der Waals surface area contributed by atoms with E-state index in [2.05, 4.69) is 46.5 Å². The van der Waals surface area contributed by atoms with Crippen molar-refractivity contribution in [1.82, 2.24) is 4.98 Å². The normalized spacial score (nSPS) is 27.4. The lowest BCUT2D eigenvalue weighted by molar-refractivity contribution is 0.0207. The molecule has 1 unspecified atom stereocenters.